The van der Waals surface area contributed by atoms with Gasteiger partial charge in [-0.15, -0.1) is 0 Å². The Kier molecular flexibility index (Phi) is 4.32. The molecule has 1 aromatic carbocycles. The fourth-order valence-corrected chi connectivity index (χ4v) is 3.25. The smallest absolute Gasteiger partial charge is 0.316 e. The van der Waals surface area contributed by atoms with Crippen molar-refractivity contribution in [3.8, 4) is 0 Å². The minimum atomic E-state index is -0.663. The number of rotatable bonds is 3. The Bertz CT molecular complexity index is 844. The highest BCUT2D eigenvalue weighted by Crippen LogP contribution is 2.18. The molecule has 0 aliphatic heterocycles. The Morgan fingerprint density at radius 3 is 2.70 bits per heavy atom. The van der Waals surface area contributed by atoms with Crippen LogP contribution in [0.4, 0.5) is 0 Å². The zero-order valence-corrected chi connectivity index (χ0v) is 13.2. The molecule has 0 saturated heterocycles. The first-order valence-corrected chi connectivity index (χ1v) is 8.18. The van der Waals surface area contributed by atoms with E-state index in [9.17, 15) is 14.4 Å². The van der Waals surface area contributed by atoms with E-state index in [1.54, 1.807) is 18.2 Å². The lowest BCUT2D eigenvalue weighted by molar-refractivity contribution is 0.0928. The van der Waals surface area contributed by atoms with E-state index in [0.29, 0.717) is 23.1 Å². The lowest BCUT2D eigenvalue weighted by atomic mass is 9.95. The third-order valence-electron chi connectivity index (χ3n) is 4.49. The average Bonchev–Trinajstić information content (AvgIpc) is 2.56. The largest absolute Gasteiger partial charge is 0.349 e. The second-order valence-corrected chi connectivity index (χ2v) is 6.04. The Balaban J connectivity index is 1.93. The van der Waals surface area contributed by atoms with Crippen molar-refractivity contribution in [2.75, 3.05) is 0 Å². The molecule has 6 heteroatoms. The molecule has 1 aliphatic carbocycles. The first-order chi connectivity index (χ1) is 11.1. The molecule has 1 aromatic heterocycles. The van der Waals surface area contributed by atoms with E-state index in [0.717, 1.165) is 25.7 Å². The Hall–Kier alpha value is -2.37. The Labute approximate surface area is 133 Å². The van der Waals surface area contributed by atoms with E-state index >= 15 is 0 Å². The van der Waals surface area contributed by atoms with Crippen LogP contribution in [-0.4, -0.2) is 21.5 Å². The number of carbonyl (C=O) groups is 1. The predicted octanol–water partition coefficient (Wildman–Crippen LogP) is 1.77. The van der Waals surface area contributed by atoms with Gasteiger partial charge >= 0.3 is 11.1 Å². The van der Waals surface area contributed by atoms with Gasteiger partial charge in [0.1, 0.15) is 0 Å². The van der Waals surface area contributed by atoms with Gasteiger partial charge in [0.25, 0.3) is 5.91 Å². The maximum atomic E-state index is 12.4. The summed E-state index contributed by atoms with van der Waals surface area (Å²) in [4.78, 5) is 38.5. The molecule has 1 amide bonds. The fraction of sp³-hybridized carbons (Fsp3) is 0.471. The number of H-pyrrole nitrogens is 1. The highest BCUT2D eigenvalue weighted by atomic mass is 16.2. The fourth-order valence-electron chi connectivity index (χ4n) is 3.25. The zero-order chi connectivity index (χ0) is 16.4. The number of nitrogens with zero attached hydrogens (tertiary/aromatic N) is 1. The van der Waals surface area contributed by atoms with Crippen LogP contribution in [0, 0.1) is 0 Å². The molecule has 1 aliphatic rings. The minimum absolute atomic E-state index is 0.131. The number of fused-ring (bicyclic) bond motifs is 1. The van der Waals surface area contributed by atoms with Crippen molar-refractivity contribution < 1.29 is 4.79 Å². The molecule has 3 rings (SSSR count). The highest BCUT2D eigenvalue weighted by Gasteiger charge is 2.17. The van der Waals surface area contributed by atoms with Gasteiger partial charge in [-0.2, -0.15) is 0 Å². The first kappa shape index (κ1) is 15.5. The summed E-state index contributed by atoms with van der Waals surface area (Å²) in [7, 11) is 0. The van der Waals surface area contributed by atoms with Crippen LogP contribution < -0.4 is 16.4 Å². The van der Waals surface area contributed by atoms with Gasteiger partial charge in [-0.25, -0.2) is 0 Å². The number of hydrogen-bond acceptors (Lipinski definition) is 3. The summed E-state index contributed by atoms with van der Waals surface area (Å²) in [6, 6.07) is 5.28. The molecule has 0 bridgehead atoms. The van der Waals surface area contributed by atoms with Crippen LogP contribution in [0.25, 0.3) is 11.0 Å². The van der Waals surface area contributed by atoms with Crippen LogP contribution >= 0.6 is 0 Å². The number of aromatic nitrogens is 2. The van der Waals surface area contributed by atoms with E-state index in [-0.39, 0.29) is 11.9 Å². The molecule has 0 spiro atoms. The van der Waals surface area contributed by atoms with Crippen molar-refractivity contribution in [2.45, 2.75) is 51.6 Å². The van der Waals surface area contributed by atoms with Crippen LogP contribution in [0.1, 0.15) is 49.4 Å². The summed E-state index contributed by atoms with van der Waals surface area (Å²) in [6.07, 6.45) is 5.58. The normalized spacial score (nSPS) is 15.7. The molecule has 1 saturated carbocycles. The molecule has 2 N–H and O–H groups in total. The quantitative estimate of drug-likeness (QED) is 0.847. The minimum Gasteiger partial charge on any atom is -0.349 e. The molecule has 1 heterocycles. The van der Waals surface area contributed by atoms with Gasteiger partial charge in [-0.05, 0) is 38.0 Å². The van der Waals surface area contributed by atoms with Crippen molar-refractivity contribution in [1.82, 2.24) is 14.9 Å². The van der Waals surface area contributed by atoms with Crippen molar-refractivity contribution in [2.24, 2.45) is 0 Å². The summed E-state index contributed by atoms with van der Waals surface area (Å²) in [5.74, 6) is -0.131. The topological polar surface area (TPSA) is 84.0 Å². The lowest BCUT2D eigenvalue weighted by Crippen LogP contribution is -2.37. The molecule has 6 nitrogen and oxygen atoms in total. The van der Waals surface area contributed by atoms with Gasteiger partial charge in [-0.3, -0.25) is 14.4 Å². The van der Waals surface area contributed by atoms with Crippen LogP contribution in [0.2, 0.25) is 0 Å². The lowest BCUT2D eigenvalue weighted by Gasteiger charge is -2.22. The van der Waals surface area contributed by atoms with Crippen LogP contribution in [-0.2, 0) is 6.54 Å². The van der Waals surface area contributed by atoms with Crippen LogP contribution in [0.15, 0.2) is 27.8 Å². The number of hydrogen-bond donors (Lipinski definition) is 2. The van der Waals surface area contributed by atoms with Crippen molar-refractivity contribution >= 4 is 16.9 Å². The van der Waals surface area contributed by atoms with Gasteiger partial charge < -0.3 is 14.9 Å². The van der Waals surface area contributed by atoms with E-state index in [2.05, 4.69) is 10.3 Å². The third-order valence-corrected chi connectivity index (χ3v) is 4.49. The first-order valence-electron chi connectivity index (χ1n) is 8.18. The number of carbonyl (C=O) groups excluding carboxylic acids is 1. The average molecular weight is 315 g/mol. The second kappa shape index (κ2) is 6.40. The van der Waals surface area contributed by atoms with E-state index in [1.807, 2.05) is 6.92 Å². The SMILES string of the molecule is CCn1c(=O)c(=O)[nH]c2cc(C(=O)NC3CCCCC3)ccc21. The number of amides is 1. The maximum Gasteiger partial charge on any atom is 0.316 e. The van der Waals surface area contributed by atoms with Crippen LogP contribution in [0.5, 0.6) is 0 Å². The number of benzene rings is 1. The van der Waals surface area contributed by atoms with Crippen molar-refractivity contribution in [3.05, 3.63) is 44.5 Å². The molecule has 2 aromatic rings. The van der Waals surface area contributed by atoms with Gasteiger partial charge in [0, 0.05) is 18.2 Å². The van der Waals surface area contributed by atoms with E-state index in [1.165, 1.54) is 11.0 Å². The third kappa shape index (κ3) is 3.06. The standard InChI is InChI=1S/C17H21N3O3/c1-2-20-14-9-8-11(10-13(14)19-16(22)17(20)23)15(21)18-12-6-4-3-5-7-12/h8-10,12H,2-7H2,1H3,(H,18,21)(H,19,22). The number of nitrogens with one attached hydrogen (secondary N) is 2. The molecule has 23 heavy (non-hydrogen) atoms. The summed E-state index contributed by atoms with van der Waals surface area (Å²) < 4.78 is 1.41. The molecular weight excluding hydrogens is 294 g/mol. The summed E-state index contributed by atoms with van der Waals surface area (Å²) in [5, 5.41) is 3.05. The monoisotopic (exact) mass is 315 g/mol. The summed E-state index contributed by atoms with van der Waals surface area (Å²) in [5.41, 5.74) is 0.405. The van der Waals surface area contributed by atoms with Crippen LogP contribution in [0.3, 0.4) is 0 Å². The summed E-state index contributed by atoms with van der Waals surface area (Å²) in [6.45, 7) is 2.22. The van der Waals surface area contributed by atoms with Gasteiger partial charge in [-0.1, -0.05) is 19.3 Å². The Morgan fingerprint density at radius 1 is 1.26 bits per heavy atom. The molecule has 122 valence electrons. The maximum absolute atomic E-state index is 12.4. The van der Waals surface area contributed by atoms with E-state index < -0.39 is 11.1 Å². The molecule has 1 fully saturated rings. The van der Waals surface area contributed by atoms with Gasteiger partial charge in [0.15, 0.2) is 0 Å². The van der Waals surface area contributed by atoms with Crippen molar-refractivity contribution in [1.29, 1.82) is 0 Å². The predicted molar refractivity (Wildman–Crippen MR) is 88.8 cm³/mol. The Morgan fingerprint density at radius 2 is 2.00 bits per heavy atom. The number of aromatic amines is 1. The molecule has 0 atom stereocenters. The zero-order valence-electron chi connectivity index (χ0n) is 13.2. The second-order valence-electron chi connectivity index (χ2n) is 6.04. The van der Waals surface area contributed by atoms with Crippen molar-refractivity contribution in [3.63, 3.8) is 0 Å². The molecule has 0 radical (unpaired) electrons. The van der Waals surface area contributed by atoms with Gasteiger partial charge in [0.05, 0.1) is 11.0 Å². The molecular formula is C17H21N3O3. The molecule has 0 unspecified atom stereocenters. The number of aryl methyl sites for hydroxylation is 1. The van der Waals surface area contributed by atoms with Gasteiger partial charge in [0.2, 0.25) is 0 Å². The summed E-state index contributed by atoms with van der Waals surface area (Å²) >= 11 is 0. The van der Waals surface area contributed by atoms with E-state index in [4.69, 9.17) is 0 Å². The highest BCUT2D eigenvalue weighted by molar-refractivity contribution is 5.97.